The van der Waals surface area contributed by atoms with Crippen molar-refractivity contribution >= 4 is 10.0 Å². The van der Waals surface area contributed by atoms with Crippen molar-refractivity contribution in [2.24, 2.45) is 7.05 Å². The number of pyridine rings is 1. The van der Waals surface area contributed by atoms with Crippen LogP contribution in [0.5, 0.6) is 5.75 Å². The average Bonchev–Trinajstić information content (AvgIpc) is 2.93. The van der Waals surface area contributed by atoms with E-state index in [1.165, 1.54) is 21.2 Å². The van der Waals surface area contributed by atoms with Gasteiger partial charge < -0.3 is 9.30 Å². The zero-order valence-electron chi connectivity index (χ0n) is 13.9. The van der Waals surface area contributed by atoms with Crippen LogP contribution < -0.4 is 10.3 Å². The molecule has 0 aliphatic carbocycles. The van der Waals surface area contributed by atoms with Gasteiger partial charge in [0, 0.05) is 37.0 Å². The van der Waals surface area contributed by atoms with Gasteiger partial charge in [0.15, 0.2) is 0 Å². The van der Waals surface area contributed by atoms with E-state index in [-0.39, 0.29) is 12.1 Å². The van der Waals surface area contributed by atoms with Crippen molar-refractivity contribution in [3.8, 4) is 16.9 Å². The number of ether oxygens (including phenoxy) is 1. The Morgan fingerprint density at radius 3 is 2.71 bits per heavy atom. The van der Waals surface area contributed by atoms with Gasteiger partial charge in [0.25, 0.3) is 5.56 Å². The Kier molecular flexibility index (Phi) is 4.22. The Balaban J connectivity index is 2.12. The molecule has 24 heavy (non-hydrogen) atoms. The first-order valence-corrected chi connectivity index (χ1v) is 9.49. The molecule has 1 aliphatic rings. The van der Waals surface area contributed by atoms with Crippen LogP contribution in [0.25, 0.3) is 11.1 Å². The highest BCUT2D eigenvalue weighted by molar-refractivity contribution is 7.88. The quantitative estimate of drug-likeness (QED) is 0.796. The van der Waals surface area contributed by atoms with Crippen LogP contribution in [0.1, 0.15) is 12.6 Å². The summed E-state index contributed by atoms with van der Waals surface area (Å²) in [5, 5.41) is 4.36. The number of rotatable bonds is 4. The van der Waals surface area contributed by atoms with Crippen molar-refractivity contribution in [2.75, 3.05) is 19.4 Å². The van der Waals surface area contributed by atoms with Gasteiger partial charge in [-0.05, 0) is 6.92 Å². The predicted octanol–water partition coefficient (Wildman–Crippen LogP) is 0.423. The van der Waals surface area contributed by atoms with Crippen molar-refractivity contribution in [3.05, 3.63) is 34.5 Å². The van der Waals surface area contributed by atoms with Gasteiger partial charge >= 0.3 is 0 Å². The van der Waals surface area contributed by atoms with Gasteiger partial charge in [0.1, 0.15) is 5.75 Å². The highest BCUT2D eigenvalue weighted by atomic mass is 32.2. The zero-order valence-corrected chi connectivity index (χ0v) is 14.7. The first-order chi connectivity index (χ1) is 11.3. The lowest BCUT2D eigenvalue weighted by atomic mass is 10.1. The van der Waals surface area contributed by atoms with Crippen LogP contribution >= 0.6 is 0 Å². The predicted molar refractivity (Wildman–Crippen MR) is 89.3 cm³/mol. The molecule has 3 rings (SSSR count). The molecule has 0 radical (unpaired) electrons. The van der Waals surface area contributed by atoms with Crippen LogP contribution in [-0.2, 0) is 30.2 Å². The van der Waals surface area contributed by atoms with Gasteiger partial charge in [-0.25, -0.2) is 8.42 Å². The minimum Gasteiger partial charge on any atom is -0.493 e. The van der Waals surface area contributed by atoms with Gasteiger partial charge in [0.2, 0.25) is 10.0 Å². The summed E-state index contributed by atoms with van der Waals surface area (Å²) in [7, 11) is -1.61. The van der Waals surface area contributed by atoms with Crippen LogP contribution in [0.3, 0.4) is 0 Å². The second kappa shape index (κ2) is 6.06. The minimum absolute atomic E-state index is 0.166. The summed E-state index contributed by atoms with van der Waals surface area (Å²) >= 11 is 0. The summed E-state index contributed by atoms with van der Waals surface area (Å²) in [5.41, 5.74) is 2.14. The minimum atomic E-state index is -3.27. The smallest absolute Gasteiger partial charge is 0.254 e. The van der Waals surface area contributed by atoms with E-state index < -0.39 is 10.0 Å². The number of hydrogen-bond donors (Lipinski definition) is 0. The summed E-state index contributed by atoms with van der Waals surface area (Å²) in [5.74, 6) is 0.480. The number of aromatic nitrogens is 3. The van der Waals surface area contributed by atoms with Crippen LogP contribution in [0.4, 0.5) is 0 Å². The summed E-state index contributed by atoms with van der Waals surface area (Å²) < 4.78 is 34.0. The molecular weight excluding hydrogens is 332 g/mol. The molecule has 9 heteroatoms. The topological polar surface area (TPSA) is 86.4 Å². The second-order valence-corrected chi connectivity index (χ2v) is 7.74. The number of nitrogens with zero attached hydrogens (tertiary/aromatic N) is 4. The SMILES string of the molecule is CCOc1cc(=O)n(C)cc1-c1cnn2c1CN(S(C)(=O)=O)CC2. The maximum atomic E-state index is 11.9. The lowest BCUT2D eigenvalue weighted by Gasteiger charge is -2.26. The molecule has 0 bridgehead atoms. The van der Waals surface area contributed by atoms with Crippen LogP contribution in [0.15, 0.2) is 23.3 Å². The highest BCUT2D eigenvalue weighted by Crippen LogP contribution is 2.33. The third kappa shape index (κ3) is 2.96. The lowest BCUT2D eigenvalue weighted by molar-refractivity contribution is 0.328. The molecule has 2 aromatic rings. The number of aryl methyl sites for hydroxylation is 1. The van der Waals surface area contributed by atoms with E-state index in [2.05, 4.69) is 5.10 Å². The molecule has 130 valence electrons. The third-order valence-electron chi connectivity index (χ3n) is 4.09. The molecule has 0 saturated carbocycles. The summed E-state index contributed by atoms with van der Waals surface area (Å²) in [4.78, 5) is 11.9. The Hall–Kier alpha value is -2.13. The van der Waals surface area contributed by atoms with Crippen molar-refractivity contribution < 1.29 is 13.2 Å². The molecule has 0 aromatic carbocycles. The fourth-order valence-corrected chi connectivity index (χ4v) is 3.59. The van der Waals surface area contributed by atoms with Gasteiger partial charge in [-0.2, -0.15) is 9.40 Å². The average molecular weight is 352 g/mol. The molecule has 0 saturated heterocycles. The molecule has 0 amide bonds. The molecule has 8 nitrogen and oxygen atoms in total. The van der Waals surface area contributed by atoms with Crippen LogP contribution in [0, 0.1) is 0 Å². The van der Waals surface area contributed by atoms with E-state index in [0.29, 0.717) is 25.4 Å². The molecule has 0 N–H and O–H groups in total. The van der Waals surface area contributed by atoms with E-state index in [1.807, 2.05) is 6.92 Å². The summed E-state index contributed by atoms with van der Waals surface area (Å²) in [6.45, 7) is 3.43. The number of sulfonamides is 1. The van der Waals surface area contributed by atoms with Gasteiger partial charge in [-0.1, -0.05) is 0 Å². The fourth-order valence-electron chi connectivity index (χ4n) is 2.82. The van der Waals surface area contributed by atoms with E-state index in [4.69, 9.17) is 4.74 Å². The first-order valence-electron chi connectivity index (χ1n) is 7.65. The fraction of sp³-hybridized carbons (Fsp3) is 0.467. The van der Waals surface area contributed by atoms with Crippen LogP contribution in [0.2, 0.25) is 0 Å². The summed E-state index contributed by atoms with van der Waals surface area (Å²) in [6.07, 6.45) is 4.60. The number of hydrogen-bond acceptors (Lipinski definition) is 5. The first kappa shape index (κ1) is 16.7. The van der Waals surface area contributed by atoms with Crippen molar-refractivity contribution in [1.82, 2.24) is 18.7 Å². The highest BCUT2D eigenvalue weighted by Gasteiger charge is 2.27. The van der Waals surface area contributed by atoms with Crippen molar-refractivity contribution in [3.63, 3.8) is 0 Å². The molecule has 2 aromatic heterocycles. The van der Waals surface area contributed by atoms with E-state index >= 15 is 0 Å². The Morgan fingerprint density at radius 1 is 1.29 bits per heavy atom. The molecule has 0 unspecified atom stereocenters. The molecule has 1 aliphatic heterocycles. The second-order valence-electron chi connectivity index (χ2n) is 5.76. The molecule has 3 heterocycles. The Morgan fingerprint density at radius 2 is 2.04 bits per heavy atom. The summed E-state index contributed by atoms with van der Waals surface area (Å²) in [6, 6.07) is 1.44. The van der Waals surface area contributed by atoms with E-state index in [0.717, 1.165) is 16.8 Å². The number of fused-ring (bicyclic) bond motifs is 1. The van der Waals surface area contributed by atoms with Crippen molar-refractivity contribution in [2.45, 2.75) is 20.0 Å². The van der Waals surface area contributed by atoms with Crippen LogP contribution in [-0.4, -0.2) is 46.5 Å². The Bertz CT molecular complexity index is 929. The van der Waals surface area contributed by atoms with Gasteiger partial charge in [0.05, 0.1) is 37.8 Å². The van der Waals surface area contributed by atoms with Gasteiger partial charge in [-0.3, -0.25) is 9.48 Å². The lowest BCUT2D eigenvalue weighted by Crippen LogP contribution is -2.37. The normalized spacial score (nSPS) is 15.3. The molecular formula is C15H20N4O4S. The molecule has 0 spiro atoms. The van der Waals surface area contributed by atoms with E-state index in [9.17, 15) is 13.2 Å². The largest absolute Gasteiger partial charge is 0.493 e. The third-order valence-corrected chi connectivity index (χ3v) is 5.34. The zero-order chi connectivity index (χ0) is 17.5. The molecule has 0 atom stereocenters. The Labute approximate surface area is 140 Å². The molecule has 0 fully saturated rings. The maximum Gasteiger partial charge on any atom is 0.254 e. The monoisotopic (exact) mass is 352 g/mol. The maximum absolute atomic E-state index is 11.9. The van der Waals surface area contributed by atoms with Gasteiger partial charge in [-0.15, -0.1) is 0 Å². The van der Waals surface area contributed by atoms with E-state index in [1.54, 1.807) is 24.1 Å². The van der Waals surface area contributed by atoms with Crippen molar-refractivity contribution in [1.29, 1.82) is 0 Å². The standard InChI is InChI=1S/C15H20N4O4S/c1-4-23-14-7-15(20)17(2)9-12(14)11-8-16-19-6-5-18(10-13(11)19)24(3,21)22/h7-9H,4-6,10H2,1-3H3.